The largest absolute Gasteiger partial charge is 0.294 e. The lowest BCUT2D eigenvalue weighted by Gasteiger charge is -2.38. The van der Waals surface area contributed by atoms with E-state index >= 15 is 0 Å². The standard InChI is InChI=1S/C20H20N4O2/c1-10-16-14(22-21-10)7-11-8-20(2,3)9-15(25)17(11)18(16)12-5-4-6-13-19(12)24-26-23-13/h4-6,18H,7-9H2,1-3H3,(H,21,22). The van der Waals surface area contributed by atoms with Crippen LogP contribution < -0.4 is 0 Å². The molecule has 0 spiro atoms. The lowest BCUT2D eigenvalue weighted by Crippen LogP contribution is -2.32. The molecule has 132 valence electrons. The Labute approximate surface area is 150 Å². The molecular weight excluding hydrogens is 328 g/mol. The van der Waals surface area contributed by atoms with E-state index in [9.17, 15) is 4.79 Å². The zero-order valence-electron chi connectivity index (χ0n) is 15.1. The average molecular weight is 348 g/mol. The van der Waals surface area contributed by atoms with Crippen LogP contribution in [0.3, 0.4) is 0 Å². The van der Waals surface area contributed by atoms with Crippen LogP contribution in [0.4, 0.5) is 0 Å². The number of aromatic amines is 1. The molecule has 2 aliphatic rings. The minimum Gasteiger partial charge on any atom is -0.294 e. The third-order valence-corrected chi connectivity index (χ3v) is 5.67. The van der Waals surface area contributed by atoms with Gasteiger partial charge < -0.3 is 0 Å². The summed E-state index contributed by atoms with van der Waals surface area (Å²) in [5.41, 5.74) is 7.66. The number of nitrogens with zero attached hydrogens (tertiary/aromatic N) is 3. The molecule has 1 aromatic carbocycles. The second-order valence-electron chi connectivity index (χ2n) is 8.26. The first-order valence-electron chi connectivity index (χ1n) is 8.95. The van der Waals surface area contributed by atoms with Gasteiger partial charge in [0.25, 0.3) is 0 Å². The molecule has 0 saturated heterocycles. The minimum absolute atomic E-state index is 0.00915. The third kappa shape index (κ3) is 2.11. The van der Waals surface area contributed by atoms with E-state index in [-0.39, 0.29) is 17.1 Å². The Hall–Kier alpha value is -2.76. The van der Waals surface area contributed by atoms with E-state index in [4.69, 9.17) is 4.63 Å². The molecular formula is C20H20N4O2. The van der Waals surface area contributed by atoms with Crippen molar-refractivity contribution in [2.45, 2.75) is 46.0 Å². The van der Waals surface area contributed by atoms with Gasteiger partial charge in [-0.15, -0.1) is 0 Å². The van der Waals surface area contributed by atoms with Gasteiger partial charge in [-0.3, -0.25) is 9.89 Å². The first-order valence-corrected chi connectivity index (χ1v) is 8.95. The Kier molecular flexibility index (Phi) is 3.05. The zero-order valence-corrected chi connectivity index (χ0v) is 15.1. The number of ketones is 1. The molecule has 1 N–H and O–H groups in total. The van der Waals surface area contributed by atoms with Gasteiger partial charge in [0, 0.05) is 35.6 Å². The summed E-state index contributed by atoms with van der Waals surface area (Å²) in [6.45, 7) is 6.34. The maximum atomic E-state index is 13.2. The van der Waals surface area contributed by atoms with Gasteiger partial charge in [0.05, 0.1) is 5.69 Å². The van der Waals surface area contributed by atoms with Gasteiger partial charge in [-0.25, -0.2) is 4.63 Å². The highest BCUT2D eigenvalue weighted by Gasteiger charge is 2.42. The summed E-state index contributed by atoms with van der Waals surface area (Å²) in [5.74, 6) is 0.0765. The topological polar surface area (TPSA) is 84.7 Å². The highest BCUT2D eigenvalue weighted by Crippen LogP contribution is 2.49. The van der Waals surface area contributed by atoms with Gasteiger partial charge in [0.15, 0.2) is 5.78 Å². The SMILES string of the molecule is Cc1[nH]nc2c1C(c1cccc3nonc13)C1=C(C2)CC(C)(C)CC1=O. The summed E-state index contributed by atoms with van der Waals surface area (Å²) in [6.07, 6.45) is 2.23. The molecule has 2 aromatic heterocycles. The number of benzene rings is 1. The molecule has 1 unspecified atom stereocenters. The number of carbonyl (C=O) groups is 1. The number of allylic oxidation sites excluding steroid dienone is 2. The first kappa shape index (κ1) is 15.5. The number of aromatic nitrogens is 4. The lowest BCUT2D eigenvalue weighted by molar-refractivity contribution is -0.118. The Morgan fingerprint density at radius 2 is 2.08 bits per heavy atom. The maximum absolute atomic E-state index is 13.2. The molecule has 0 fully saturated rings. The van der Waals surface area contributed by atoms with Crippen molar-refractivity contribution in [2.24, 2.45) is 5.41 Å². The van der Waals surface area contributed by atoms with Crippen LogP contribution >= 0.6 is 0 Å². The van der Waals surface area contributed by atoms with Crippen molar-refractivity contribution in [3.05, 3.63) is 51.9 Å². The van der Waals surface area contributed by atoms with E-state index in [0.717, 1.165) is 46.4 Å². The molecule has 2 heterocycles. The summed E-state index contributed by atoms with van der Waals surface area (Å²) in [7, 11) is 0. The predicted molar refractivity (Wildman–Crippen MR) is 95.7 cm³/mol. The summed E-state index contributed by atoms with van der Waals surface area (Å²) >= 11 is 0. The van der Waals surface area contributed by atoms with E-state index in [1.165, 1.54) is 5.57 Å². The highest BCUT2D eigenvalue weighted by molar-refractivity contribution is 6.01. The smallest absolute Gasteiger partial charge is 0.160 e. The van der Waals surface area contributed by atoms with E-state index < -0.39 is 0 Å². The quantitative estimate of drug-likeness (QED) is 0.726. The molecule has 26 heavy (non-hydrogen) atoms. The molecule has 5 rings (SSSR count). The predicted octanol–water partition coefficient (Wildman–Crippen LogP) is 3.63. The summed E-state index contributed by atoms with van der Waals surface area (Å²) < 4.78 is 4.97. The summed E-state index contributed by atoms with van der Waals surface area (Å²) in [5, 5.41) is 15.7. The molecule has 3 aromatic rings. The second-order valence-corrected chi connectivity index (χ2v) is 8.26. The molecule has 6 heteroatoms. The highest BCUT2D eigenvalue weighted by atomic mass is 16.6. The molecule has 0 bridgehead atoms. The number of H-pyrrole nitrogens is 1. The van der Waals surface area contributed by atoms with E-state index in [1.807, 2.05) is 25.1 Å². The number of aryl methyl sites for hydroxylation is 1. The maximum Gasteiger partial charge on any atom is 0.160 e. The van der Waals surface area contributed by atoms with E-state index in [1.54, 1.807) is 0 Å². The van der Waals surface area contributed by atoms with Crippen molar-refractivity contribution in [3.8, 4) is 0 Å². The number of nitrogens with one attached hydrogen (secondary N) is 1. The number of rotatable bonds is 1. The van der Waals surface area contributed by atoms with Crippen LogP contribution in [0.15, 0.2) is 34.0 Å². The fourth-order valence-electron chi connectivity index (χ4n) is 4.71. The molecule has 0 aliphatic heterocycles. The normalized spacial score (nSPS) is 21.8. The number of carbonyl (C=O) groups excluding carboxylic acids is 1. The molecule has 0 amide bonds. The van der Waals surface area contributed by atoms with Crippen molar-refractivity contribution in [3.63, 3.8) is 0 Å². The molecule has 0 radical (unpaired) electrons. The third-order valence-electron chi connectivity index (χ3n) is 5.67. The number of hydrogen-bond acceptors (Lipinski definition) is 5. The van der Waals surface area contributed by atoms with Crippen LogP contribution in [0.1, 0.15) is 55.1 Å². The van der Waals surface area contributed by atoms with Crippen molar-refractivity contribution in [1.82, 2.24) is 20.5 Å². The zero-order chi connectivity index (χ0) is 18.1. The van der Waals surface area contributed by atoms with Gasteiger partial charge in [-0.05, 0) is 40.7 Å². The van der Waals surface area contributed by atoms with E-state index in [2.05, 4.69) is 34.4 Å². The second kappa shape index (κ2) is 5.13. The van der Waals surface area contributed by atoms with Crippen LogP contribution in [0.25, 0.3) is 11.0 Å². The Morgan fingerprint density at radius 3 is 2.92 bits per heavy atom. The van der Waals surface area contributed by atoms with Crippen LogP contribution in [0.5, 0.6) is 0 Å². The Balaban J connectivity index is 1.80. The van der Waals surface area contributed by atoms with Gasteiger partial charge in [0.1, 0.15) is 11.0 Å². The Bertz CT molecular complexity index is 1090. The molecule has 2 aliphatic carbocycles. The number of fused-ring (bicyclic) bond motifs is 2. The van der Waals surface area contributed by atoms with Crippen molar-refractivity contribution in [2.75, 3.05) is 0 Å². The van der Waals surface area contributed by atoms with E-state index in [0.29, 0.717) is 11.9 Å². The molecule has 1 atom stereocenters. The van der Waals surface area contributed by atoms with Crippen LogP contribution in [-0.2, 0) is 11.2 Å². The van der Waals surface area contributed by atoms with Gasteiger partial charge >= 0.3 is 0 Å². The molecule has 0 saturated carbocycles. The summed E-state index contributed by atoms with van der Waals surface area (Å²) in [4.78, 5) is 13.2. The summed E-state index contributed by atoms with van der Waals surface area (Å²) in [6, 6.07) is 5.85. The monoisotopic (exact) mass is 348 g/mol. The van der Waals surface area contributed by atoms with Crippen LogP contribution in [0.2, 0.25) is 0 Å². The molecule has 6 nitrogen and oxygen atoms in total. The minimum atomic E-state index is -0.160. The van der Waals surface area contributed by atoms with Crippen molar-refractivity contribution < 1.29 is 9.42 Å². The average Bonchev–Trinajstić information content (AvgIpc) is 3.18. The fourth-order valence-corrected chi connectivity index (χ4v) is 4.71. The van der Waals surface area contributed by atoms with Crippen molar-refractivity contribution in [1.29, 1.82) is 0 Å². The van der Waals surface area contributed by atoms with Crippen molar-refractivity contribution >= 4 is 16.8 Å². The Morgan fingerprint density at radius 1 is 1.23 bits per heavy atom. The number of hydrogen-bond donors (Lipinski definition) is 1. The van der Waals surface area contributed by atoms with Gasteiger partial charge in [-0.1, -0.05) is 31.6 Å². The van der Waals surface area contributed by atoms with Crippen LogP contribution in [0, 0.1) is 12.3 Å². The number of Topliss-reactive ketones (excluding diaryl/α,β-unsaturated/α-hetero) is 1. The van der Waals surface area contributed by atoms with Gasteiger partial charge in [-0.2, -0.15) is 5.10 Å². The first-order chi connectivity index (χ1) is 12.4. The van der Waals surface area contributed by atoms with Crippen LogP contribution in [-0.4, -0.2) is 26.3 Å². The fraction of sp³-hybridized carbons (Fsp3) is 0.400. The lowest BCUT2D eigenvalue weighted by atomic mass is 9.65. The van der Waals surface area contributed by atoms with Gasteiger partial charge in [0.2, 0.25) is 0 Å².